The van der Waals surface area contributed by atoms with Crippen molar-refractivity contribution in [1.82, 2.24) is 9.55 Å². The molecule has 0 aromatic carbocycles. The molecule has 1 aliphatic carbocycles. The second-order valence-corrected chi connectivity index (χ2v) is 6.42. The van der Waals surface area contributed by atoms with Crippen LogP contribution in [0.3, 0.4) is 0 Å². The van der Waals surface area contributed by atoms with Crippen molar-refractivity contribution in [3.8, 4) is 0 Å². The third-order valence-electron chi connectivity index (χ3n) is 3.83. The molecule has 0 radical (unpaired) electrons. The van der Waals surface area contributed by atoms with E-state index in [0.717, 1.165) is 40.7 Å². The summed E-state index contributed by atoms with van der Waals surface area (Å²) >= 11 is 1.41. The van der Waals surface area contributed by atoms with Crippen LogP contribution in [0, 0.1) is 0 Å². The van der Waals surface area contributed by atoms with Crippen molar-refractivity contribution in [2.45, 2.75) is 39.2 Å². The summed E-state index contributed by atoms with van der Waals surface area (Å²) in [6.45, 7) is 1.15. The highest BCUT2D eigenvalue weighted by molar-refractivity contribution is 7.18. The minimum absolute atomic E-state index is 0.126. The Bertz CT molecular complexity index is 852. The van der Waals surface area contributed by atoms with Crippen molar-refractivity contribution in [3.63, 3.8) is 0 Å². The van der Waals surface area contributed by atoms with Crippen LogP contribution in [-0.2, 0) is 28.9 Å². The van der Waals surface area contributed by atoms with E-state index in [1.54, 1.807) is 6.92 Å². The van der Waals surface area contributed by atoms with Gasteiger partial charge in [0, 0.05) is 4.88 Å². The minimum atomic E-state index is -1.21. The molecule has 23 heavy (non-hydrogen) atoms. The molecule has 0 aliphatic heterocycles. The summed E-state index contributed by atoms with van der Waals surface area (Å²) in [7, 11) is 0. The fourth-order valence-corrected chi connectivity index (χ4v) is 4.12. The first-order valence-corrected chi connectivity index (χ1v) is 8.28. The molecule has 0 atom stereocenters. The third-order valence-corrected chi connectivity index (χ3v) is 5.01. The number of aliphatic carboxylic acids is 1. The van der Waals surface area contributed by atoms with Gasteiger partial charge in [0.2, 0.25) is 5.82 Å². The molecule has 2 aromatic rings. The number of thiophene rings is 1. The monoisotopic (exact) mass is 336 g/mol. The van der Waals surface area contributed by atoms with Crippen LogP contribution in [0.4, 0.5) is 0 Å². The standard InChI is InChI=1S/C15H16N2O5S/c1-2-22-15(21)12-16-13-11(14(20)17(12)7-10(18)19)8-5-3-4-6-9(8)23-13/h2-7H2,1H3,(H,18,19). The van der Waals surface area contributed by atoms with Gasteiger partial charge < -0.3 is 9.84 Å². The number of esters is 1. The number of aromatic nitrogens is 2. The van der Waals surface area contributed by atoms with Gasteiger partial charge in [0.25, 0.3) is 5.56 Å². The number of nitrogens with zero attached hydrogens (tertiary/aromatic N) is 2. The van der Waals surface area contributed by atoms with Crippen LogP contribution in [0.5, 0.6) is 0 Å². The van der Waals surface area contributed by atoms with Crippen molar-refractivity contribution in [2.24, 2.45) is 0 Å². The second-order valence-electron chi connectivity index (χ2n) is 5.33. The Hall–Kier alpha value is -2.22. The number of carbonyl (C=O) groups is 2. The van der Waals surface area contributed by atoms with Crippen LogP contribution in [0.1, 0.15) is 40.8 Å². The van der Waals surface area contributed by atoms with E-state index in [1.165, 1.54) is 11.3 Å². The lowest BCUT2D eigenvalue weighted by Crippen LogP contribution is -2.31. The minimum Gasteiger partial charge on any atom is -0.480 e. The van der Waals surface area contributed by atoms with E-state index in [2.05, 4.69) is 4.98 Å². The smallest absolute Gasteiger partial charge is 0.374 e. The number of ether oxygens (including phenoxy) is 1. The van der Waals surface area contributed by atoms with Gasteiger partial charge in [-0.2, -0.15) is 0 Å². The van der Waals surface area contributed by atoms with E-state index in [0.29, 0.717) is 10.2 Å². The summed E-state index contributed by atoms with van der Waals surface area (Å²) in [4.78, 5) is 41.8. The zero-order chi connectivity index (χ0) is 16.6. The number of hydrogen-bond donors (Lipinski definition) is 1. The molecule has 7 nitrogen and oxygen atoms in total. The molecular formula is C15H16N2O5S. The van der Waals surface area contributed by atoms with Gasteiger partial charge in [-0.1, -0.05) is 0 Å². The van der Waals surface area contributed by atoms with Gasteiger partial charge in [-0.3, -0.25) is 14.2 Å². The van der Waals surface area contributed by atoms with Crippen LogP contribution in [0.25, 0.3) is 10.2 Å². The molecule has 8 heteroatoms. The second kappa shape index (κ2) is 6.11. The highest BCUT2D eigenvalue weighted by atomic mass is 32.1. The molecule has 0 unspecified atom stereocenters. The first kappa shape index (κ1) is 15.7. The molecule has 0 spiro atoms. The molecular weight excluding hydrogens is 320 g/mol. The maximum Gasteiger partial charge on any atom is 0.374 e. The predicted octanol–water partition coefficient (Wildman–Crippen LogP) is 1.60. The molecule has 2 aromatic heterocycles. The van der Waals surface area contributed by atoms with E-state index in [-0.39, 0.29) is 12.4 Å². The Balaban J connectivity index is 2.27. The van der Waals surface area contributed by atoms with Gasteiger partial charge >= 0.3 is 11.9 Å². The van der Waals surface area contributed by atoms with Gasteiger partial charge in [-0.05, 0) is 38.2 Å². The molecule has 2 heterocycles. The van der Waals surface area contributed by atoms with Gasteiger partial charge in [0.05, 0.1) is 12.0 Å². The molecule has 3 rings (SSSR count). The summed E-state index contributed by atoms with van der Waals surface area (Å²) < 4.78 is 5.81. The predicted molar refractivity (Wildman–Crippen MR) is 84.1 cm³/mol. The summed E-state index contributed by atoms with van der Waals surface area (Å²) in [5, 5.41) is 9.51. The molecule has 0 amide bonds. The fourth-order valence-electron chi connectivity index (χ4n) is 2.87. The van der Waals surface area contributed by atoms with Gasteiger partial charge in [0.15, 0.2) is 0 Å². The number of carboxylic acids is 1. The van der Waals surface area contributed by atoms with Crippen molar-refractivity contribution in [3.05, 3.63) is 26.6 Å². The first-order valence-electron chi connectivity index (χ1n) is 7.47. The van der Waals surface area contributed by atoms with Crippen LogP contribution in [0.15, 0.2) is 4.79 Å². The van der Waals surface area contributed by atoms with E-state index >= 15 is 0 Å². The average Bonchev–Trinajstić information content (AvgIpc) is 2.88. The summed E-state index contributed by atoms with van der Waals surface area (Å²) in [6.07, 6.45) is 3.74. The maximum atomic E-state index is 12.8. The normalized spacial score (nSPS) is 13.8. The Labute approximate surface area is 135 Å². The molecule has 122 valence electrons. The number of carbonyl (C=O) groups excluding carboxylic acids is 1. The Morgan fingerprint density at radius 1 is 1.35 bits per heavy atom. The molecule has 0 bridgehead atoms. The largest absolute Gasteiger partial charge is 0.480 e. The van der Waals surface area contributed by atoms with Crippen molar-refractivity contribution in [1.29, 1.82) is 0 Å². The summed E-state index contributed by atoms with van der Waals surface area (Å²) in [6, 6.07) is 0. The van der Waals surface area contributed by atoms with Crippen molar-refractivity contribution >= 4 is 33.5 Å². The number of rotatable bonds is 4. The Morgan fingerprint density at radius 3 is 2.78 bits per heavy atom. The zero-order valence-corrected chi connectivity index (χ0v) is 13.4. The maximum absolute atomic E-state index is 12.8. The van der Waals surface area contributed by atoms with Crippen LogP contribution in [0.2, 0.25) is 0 Å². The van der Waals surface area contributed by atoms with Gasteiger partial charge in [-0.25, -0.2) is 9.78 Å². The number of fused-ring (bicyclic) bond motifs is 3. The zero-order valence-electron chi connectivity index (χ0n) is 12.6. The van der Waals surface area contributed by atoms with Crippen LogP contribution in [-0.4, -0.2) is 33.2 Å². The number of aryl methyl sites for hydroxylation is 2. The molecule has 0 fully saturated rings. The van der Waals surface area contributed by atoms with E-state index in [9.17, 15) is 14.4 Å². The molecule has 1 N–H and O–H groups in total. The quantitative estimate of drug-likeness (QED) is 0.852. The van der Waals surface area contributed by atoms with Crippen LogP contribution >= 0.6 is 11.3 Å². The van der Waals surface area contributed by atoms with Gasteiger partial charge in [-0.15, -0.1) is 11.3 Å². The molecule has 0 saturated carbocycles. The SMILES string of the molecule is CCOC(=O)c1nc2sc3c(c2c(=O)n1CC(=O)O)CCCC3. The van der Waals surface area contributed by atoms with Crippen LogP contribution < -0.4 is 5.56 Å². The Kier molecular flexibility index (Phi) is 4.16. The average molecular weight is 336 g/mol. The topological polar surface area (TPSA) is 98.5 Å². The lowest BCUT2D eigenvalue weighted by atomic mass is 9.97. The van der Waals surface area contributed by atoms with Crippen molar-refractivity contribution in [2.75, 3.05) is 6.61 Å². The molecule has 0 saturated heterocycles. The summed E-state index contributed by atoms with van der Waals surface area (Å²) in [5.74, 6) is -2.23. The molecule has 1 aliphatic rings. The summed E-state index contributed by atoms with van der Waals surface area (Å²) in [5.41, 5.74) is 0.489. The van der Waals surface area contributed by atoms with E-state index in [4.69, 9.17) is 9.84 Å². The van der Waals surface area contributed by atoms with E-state index < -0.39 is 24.0 Å². The number of hydrogen-bond acceptors (Lipinski definition) is 6. The first-order chi connectivity index (χ1) is 11.0. The lowest BCUT2D eigenvalue weighted by Gasteiger charge is -2.11. The fraction of sp³-hybridized carbons (Fsp3) is 0.467. The Morgan fingerprint density at radius 2 is 2.09 bits per heavy atom. The van der Waals surface area contributed by atoms with Crippen molar-refractivity contribution < 1.29 is 19.4 Å². The van der Waals surface area contributed by atoms with Gasteiger partial charge in [0.1, 0.15) is 11.4 Å². The van der Waals surface area contributed by atoms with E-state index in [1.807, 2.05) is 0 Å². The highest BCUT2D eigenvalue weighted by Gasteiger charge is 2.25. The third kappa shape index (κ3) is 2.74. The lowest BCUT2D eigenvalue weighted by molar-refractivity contribution is -0.137. The number of carboxylic acid groups (broad SMARTS) is 1. The highest BCUT2D eigenvalue weighted by Crippen LogP contribution is 2.33.